The molecular formula is C23H25N3O2S. The SMILES string of the molecule is O=C(NCCC(=O)N(CCc1ccccc1)Cc1cccs1)Nc1ccccc1. The van der Waals surface area contributed by atoms with E-state index in [0.29, 0.717) is 19.6 Å². The van der Waals surface area contributed by atoms with Crippen molar-refractivity contribution in [3.63, 3.8) is 0 Å². The zero-order valence-electron chi connectivity index (χ0n) is 16.2. The predicted molar refractivity (Wildman–Crippen MR) is 118 cm³/mol. The topological polar surface area (TPSA) is 61.4 Å². The van der Waals surface area contributed by atoms with Gasteiger partial charge in [0.2, 0.25) is 5.91 Å². The van der Waals surface area contributed by atoms with Gasteiger partial charge in [-0.25, -0.2) is 4.79 Å². The van der Waals surface area contributed by atoms with Gasteiger partial charge in [-0.3, -0.25) is 4.79 Å². The van der Waals surface area contributed by atoms with Crippen molar-refractivity contribution in [2.75, 3.05) is 18.4 Å². The van der Waals surface area contributed by atoms with Crippen LogP contribution in [0.3, 0.4) is 0 Å². The maximum Gasteiger partial charge on any atom is 0.319 e. The predicted octanol–water partition coefficient (Wildman–Crippen LogP) is 4.53. The molecule has 1 heterocycles. The second-order valence-corrected chi connectivity index (χ2v) is 7.66. The van der Waals surface area contributed by atoms with Crippen LogP contribution < -0.4 is 10.6 Å². The summed E-state index contributed by atoms with van der Waals surface area (Å²) in [5, 5.41) is 7.53. The smallest absolute Gasteiger partial charge is 0.319 e. The molecule has 0 radical (unpaired) electrons. The van der Waals surface area contributed by atoms with E-state index in [2.05, 4.69) is 22.8 Å². The van der Waals surface area contributed by atoms with Gasteiger partial charge in [-0.2, -0.15) is 0 Å². The highest BCUT2D eigenvalue weighted by atomic mass is 32.1. The lowest BCUT2D eigenvalue weighted by molar-refractivity contribution is -0.131. The Labute approximate surface area is 175 Å². The van der Waals surface area contributed by atoms with Crippen molar-refractivity contribution in [1.82, 2.24) is 10.2 Å². The van der Waals surface area contributed by atoms with Gasteiger partial charge in [0.15, 0.2) is 0 Å². The molecule has 3 amide bonds. The fraction of sp³-hybridized carbons (Fsp3) is 0.217. The minimum Gasteiger partial charge on any atom is -0.337 e. The van der Waals surface area contributed by atoms with Gasteiger partial charge in [-0.15, -0.1) is 11.3 Å². The number of hydrogen-bond acceptors (Lipinski definition) is 3. The molecule has 0 unspecified atom stereocenters. The molecule has 5 nitrogen and oxygen atoms in total. The first-order chi connectivity index (χ1) is 14.2. The van der Waals surface area contributed by atoms with E-state index < -0.39 is 0 Å². The Morgan fingerprint density at radius 2 is 1.62 bits per heavy atom. The molecule has 0 fully saturated rings. The van der Waals surface area contributed by atoms with E-state index in [9.17, 15) is 9.59 Å². The summed E-state index contributed by atoms with van der Waals surface area (Å²) < 4.78 is 0. The number of rotatable bonds is 9. The Hall–Kier alpha value is -3.12. The van der Waals surface area contributed by atoms with Crippen molar-refractivity contribution in [1.29, 1.82) is 0 Å². The molecule has 2 N–H and O–H groups in total. The molecule has 1 aromatic heterocycles. The lowest BCUT2D eigenvalue weighted by Crippen LogP contribution is -2.36. The van der Waals surface area contributed by atoms with Crippen molar-refractivity contribution in [2.24, 2.45) is 0 Å². The molecule has 3 rings (SSSR count). The van der Waals surface area contributed by atoms with Gasteiger partial charge in [-0.05, 0) is 35.6 Å². The molecule has 2 aromatic carbocycles. The third-order valence-corrected chi connectivity index (χ3v) is 5.31. The van der Waals surface area contributed by atoms with Crippen LogP contribution in [0.5, 0.6) is 0 Å². The number of hydrogen-bond donors (Lipinski definition) is 2. The van der Waals surface area contributed by atoms with Crippen LogP contribution in [0.15, 0.2) is 78.2 Å². The Morgan fingerprint density at radius 1 is 0.897 bits per heavy atom. The average molecular weight is 408 g/mol. The maximum absolute atomic E-state index is 12.8. The standard InChI is InChI=1S/C23H25N3O2S/c27-22(13-15-24-23(28)25-20-10-5-2-6-11-20)26(18-21-12-7-17-29-21)16-14-19-8-3-1-4-9-19/h1-12,17H,13-16,18H2,(H2,24,25,28). The number of urea groups is 1. The van der Waals surface area contributed by atoms with Crippen LogP contribution in [0.1, 0.15) is 16.9 Å². The summed E-state index contributed by atoms with van der Waals surface area (Å²) >= 11 is 1.65. The van der Waals surface area contributed by atoms with Gasteiger partial charge >= 0.3 is 6.03 Å². The second kappa shape index (κ2) is 11.0. The van der Waals surface area contributed by atoms with Crippen LogP contribution >= 0.6 is 11.3 Å². The maximum atomic E-state index is 12.8. The fourth-order valence-electron chi connectivity index (χ4n) is 2.93. The van der Waals surface area contributed by atoms with Gasteiger partial charge < -0.3 is 15.5 Å². The third kappa shape index (κ3) is 7.08. The summed E-state index contributed by atoms with van der Waals surface area (Å²) in [6.07, 6.45) is 1.07. The molecule has 6 heteroatoms. The third-order valence-electron chi connectivity index (χ3n) is 4.45. The molecule has 0 aliphatic rings. The number of nitrogens with one attached hydrogen (secondary N) is 2. The highest BCUT2D eigenvalue weighted by Gasteiger charge is 2.15. The largest absolute Gasteiger partial charge is 0.337 e. The summed E-state index contributed by atoms with van der Waals surface area (Å²) in [6, 6.07) is 23.1. The van der Waals surface area contributed by atoms with E-state index in [1.807, 2.05) is 70.9 Å². The first kappa shape index (κ1) is 20.6. The Balaban J connectivity index is 1.49. The molecule has 0 saturated heterocycles. The molecule has 0 atom stereocenters. The molecule has 150 valence electrons. The highest BCUT2D eigenvalue weighted by Crippen LogP contribution is 2.14. The first-order valence-electron chi connectivity index (χ1n) is 9.65. The normalized spacial score (nSPS) is 10.3. The van der Waals surface area contributed by atoms with Crippen molar-refractivity contribution in [2.45, 2.75) is 19.4 Å². The summed E-state index contributed by atoms with van der Waals surface area (Å²) in [5.74, 6) is 0.0364. The minimum atomic E-state index is -0.307. The molecule has 0 spiro atoms. The summed E-state index contributed by atoms with van der Waals surface area (Å²) in [5.41, 5.74) is 1.93. The van der Waals surface area contributed by atoms with Crippen LogP contribution in [0, 0.1) is 0 Å². The number of thiophene rings is 1. The van der Waals surface area contributed by atoms with E-state index in [1.165, 1.54) is 5.56 Å². The highest BCUT2D eigenvalue weighted by molar-refractivity contribution is 7.09. The first-order valence-corrected chi connectivity index (χ1v) is 10.5. The van der Waals surface area contributed by atoms with Gasteiger partial charge in [0.25, 0.3) is 0 Å². The molecule has 29 heavy (non-hydrogen) atoms. The lowest BCUT2D eigenvalue weighted by atomic mass is 10.1. The van der Waals surface area contributed by atoms with Gasteiger partial charge in [0.1, 0.15) is 0 Å². The van der Waals surface area contributed by atoms with Crippen LogP contribution in [0.2, 0.25) is 0 Å². The van der Waals surface area contributed by atoms with E-state index in [1.54, 1.807) is 11.3 Å². The number of amides is 3. The second-order valence-electron chi connectivity index (χ2n) is 6.63. The fourth-order valence-corrected chi connectivity index (χ4v) is 3.65. The van der Waals surface area contributed by atoms with E-state index in [0.717, 1.165) is 17.0 Å². The van der Waals surface area contributed by atoms with Crippen LogP contribution in [0.25, 0.3) is 0 Å². The summed E-state index contributed by atoms with van der Waals surface area (Å²) in [4.78, 5) is 27.8. The monoisotopic (exact) mass is 407 g/mol. The molecule has 0 bridgehead atoms. The molecule has 0 saturated carbocycles. The number of carbonyl (C=O) groups excluding carboxylic acids is 2. The molecule has 3 aromatic rings. The quantitative estimate of drug-likeness (QED) is 0.547. The summed E-state index contributed by atoms with van der Waals surface area (Å²) in [7, 11) is 0. The van der Waals surface area contributed by atoms with Gasteiger partial charge in [0, 0.05) is 30.1 Å². The van der Waals surface area contributed by atoms with Crippen LogP contribution in [-0.2, 0) is 17.8 Å². The summed E-state index contributed by atoms with van der Waals surface area (Å²) in [6.45, 7) is 1.54. The van der Waals surface area contributed by atoms with E-state index in [4.69, 9.17) is 0 Å². The van der Waals surface area contributed by atoms with Gasteiger partial charge in [-0.1, -0.05) is 54.6 Å². The zero-order chi connectivity index (χ0) is 20.3. The lowest BCUT2D eigenvalue weighted by Gasteiger charge is -2.22. The Morgan fingerprint density at radius 3 is 2.31 bits per heavy atom. The van der Waals surface area contributed by atoms with Crippen molar-refractivity contribution < 1.29 is 9.59 Å². The zero-order valence-corrected chi connectivity index (χ0v) is 17.0. The number of carbonyl (C=O) groups is 2. The Kier molecular flexibility index (Phi) is 7.83. The van der Waals surface area contributed by atoms with E-state index >= 15 is 0 Å². The van der Waals surface area contributed by atoms with Crippen LogP contribution in [0.4, 0.5) is 10.5 Å². The number of nitrogens with zero attached hydrogens (tertiary/aromatic N) is 1. The van der Waals surface area contributed by atoms with Crippen molar-refractivity contribution in [3.05, 3.63) is 88.6 Å². The molecule has 0 aliphatic carbocycles. The molecular weight excluding hydrogens is 382 g/mol. The van der Waals surface area contributed by atoms with Gasteiger partial charge in [0.05, 0.1) is 6.54 Å². The Bertz CT molecular complexity index is 883. The minimum absolute atomic E-state index is 0.0364. The number of benzene rings is 2. The van der Waals surface area contributed by atoms with E-state index in [-0.39, 0.29) is 18.4 Å². The van der Waals surface area contributed by atoms with Crippen LogP contribution in [-0.4, -0.2) is 29.9 Å². The number of anilines is 1. The van der Waals surface area contributed by atoms with Crippen molar-refractivity contribution in [3.8, 4) is 0 Å². The molecule has 0 aliphatic heterocycles. The average Bonchev–Trinajstić information content (AvgIpc) is 3.25. The van der Waals surface area contributed by atoms with Crippen molar-refractivity contribution >= 4 is 29.0 Å². The number of para-hydroxylation sites is 1.